The molecular formula is C23H28N6O2S. The maximum absolute atomic E-state index is 13.3. The maximum Gasteiger partial charge on any atom is 0.251 e. The summed E-state index contributed by atoms with van der Waals surface area (Å²) >= 11 is 1.62. The van der Waals surface area contributed by atoms with E-state index >= 15 is 0 Å². The highest BCUT2D eigenvalue weighted by Crippen LogP contribution is 2.41. The Morgan fingerprint density at radius 2 is 1.88 bits per heavy atom. The minimum atomic E-state index is -0.0330. The number of piperazine rings is 1. The van der Waals surface area contributed by atoms with E-state index in [1.165, 1.54) is 0 Å². The van der Waals surface area contributed by atoms with E-state index in [2.05, 4.69) is 16.8 Å². The molecular weight excluding hydrogens is 424 g/mol. The molecule has 2 fully saturated rings. The summed E-state index contributed by atoms with van der Waals surface area (Å²) in [6.07, 6.45) is 3.78. The van der Waals surface area contributed by atoms with Gasteiger partial charge in [-0.15, -0.1) is 11.3 Å². The number of hydrazone groups is 1. The first-order valence-electron chi connectivity index (χ1n) is 10.8. The molecule has 2 aliphatic rings. The number of nitrogens with zero attached hydrogens (tertiary/aromatic N) is 6. The Hall–Kier alpha value is -3.07. The fraction of sp³-hybridized carbons (Fsp3) is 0.435. The van der Waals surface area contributed by atoms with Crippen molar-refractivity contribution >= 4 is 35.8 Å². The maximum atomic E-state index is 13.3. The van der Waals surface area contributed by atoms with Crippen LogP contribution >= 0.6 is 11.3 Å². The van der Waals surface area contributed by atoms with Crippen LogP contribution in [0.3, 0.4) is 0 Å². The number of carbonyl (C=O) groups excluding carboxylic acids is 2. The summed E-state index contributed by atoms with van der Waals surface area (Å²) in [5.41, 5.74) is 3.30. The summed E-state index contributed by atoms with van der Waals surface area (Å²) in [5.74, 6) is 0.667. The van der Waals surface area contributed by atoms with Crippen LogP contribution in [0.5, 0.6) is 0 Å². The van der Waals surface area contributed by atoms with E-state index in [0.29, 0.717) is 37.7 Å². The minimum Gasteiger partial charge on any atom is -0.339 e. The average molecular weight is 453 g/mol. The van der Waals surface area contributed by atoms with Crippen molar-refractivity contribution in [2.75, 3.05) is 31.2 Å². The highest BCUT2D eigenvalue weighted by Gasteiger charge is 2.36. The molecule has 0 aromatic carbocycles. The number of rotatable bonds is 6. The quantitative estimate of drug-likeness (QED) is 0.382. The molecule has 0 N–H and O–H groups in total. The minimum absolute atomic E-state index is 0.0330. The number of hydrogen-bond donors (Lipinski definition) is 0. The molecule has 0 unspecified atom stereocenters. The fourth-order valence-electron chi connectivity index (χ4n) is 4.01. The Kier molecular flexibility index (Phi) is 6.36. The normalized spacial score (nSPS) is 17.1. The summed E-state index contributed by atoms with van der Waals surface area (Å²) in [5, 5.41) is 7.89. The summed E-state index contributed by atoms with van der Waals surface area (Å²) in [4.78, 5) is 38.9. The molecule has 9 heteroatoms. The predicted octanol–water partition coefficient (Wildman–Crippen LogP) is 3.31. The first kappa shape index (κ1) is 22.1. The van der Waals surface area contributed by atoms with E-state index in [4.69, 9.17) is 4.98 Å². The molecule has 0 radical (unpaired) electrons. The van der Waals surface area contributed by atoms with Gasteiger partial charge < -0.3 is 9.80 Å². The van der Waals surface area contributed by atoms with E-state index in [1.807, 2.05) is 36.3 Å². The van der Waals surface area contributed by atoms with E-state index in [0.717, 1.165) is 34.7 Å². The lowest BCUT2D eigenvalue weighted by molar-refractivity contribution is -0.136. The van der Waals surface area contributed by atoms with E-state index in [9.17, 15) is 9.59 Å². The standard InChI is InChI=1S/C23H28N6O2S/c1-15-14-25-23(26-20(15)19-6-5-13-32-19)29(24-4)21(18-7-8-18)16(2)22(31)28-11-9-27(10-12-28)17(3)30/h5-6,13-14,18H,4,7-12H2,1-3H3/b21-16+. The van der Waals surface area contributed by atoms with Gasteiger partial charge in [0.05, 0.1) is 16.3 Å². The Labute approximate surface area is 192 Å². The van der Waals surface area contributed by atoms with Gasteiger partial charge in [-0.1, -0.05) is 6.07 Å². The van der Waals surface area contributed by atoms with Crippen LogP contribution in [0.2, 0.25) is 0 Å². The number of hydrogen-bond acceptors (Lipinski definition) is 7. The van der Waals surface area contributed by atoms with Crippen molar-refractivity contribution in [2.45, 2.75) is 33.6 Å². The molecule has 0 spiro atoms. The number of allylic oxidation sites excluding steroid dienone is 1. The highest BCUT2D eigenvalue weighted by molar-refractivity contribution is 7.13. The molecule has 1 saturated heterocycles. The lowest BCUT2D eigenvalue weighted by Gasteiger charge is -2.35. The molecule has 4 rings (SSSR count). The summed E-state index contributed by atoms with van der Waals surface area (Å²) in [7, 11) is 0. The molecule has 8 nitrogen and oxygen atoms in total. The zero-order chi connectivity index (χ0) is 22.8. The lowest BCUT2D eigenvalue weighted by atomic mass is 10.1. The molecule has 0 bridgehead atoms. The fourth-order valence-corrected chi connectivity index (χ4v) is 4.79. The van der Waals surface area contributed by atoms with Crippen molar-refractivity contribution in [3.8, 4) is 10.6 Å². The van der Waals surface area contributed by atoms with Gasteiger partial charge in [0.15, 0.2) is 0 Å². The van der Waals surface area contributed by atoms with Crippen LogP contribution in [0.15, 0.2) is 40.1 Å². The smallest absolute Gasteiger partial charge is 0.251 e. The van der Waals surface area contributed by atoms with E-state index < -0.39 is 0 Å². The van der Waals surface area contributed by atoms with Crippen molar-refractivity contribution in [3.05, 3.63) is 40.5 Å². The Balaban J connectivity index is 1.65. The molecule has 32 heavy (non-hydrogen) atoms. The third-order valence-electron chi connectivity index (χ3n) is 5.95. The highest BCUT2D eigenvalue weighted by atomic mass is 32.1. The van der Waals surface area contributed by atoms with Gasteiger partial charge >= 0.3 is 0 Å². The number of carbonyl (C=O) groups is 2. The van der Waals surface area contributed by atoms with Crippen molar-refractivity contribution in [1.29, 1.82) is 0 Å². The van der Waals surface area contributed by atoms with Crippen LogP contribution < -0.4 is 5.01 Å². The zero-order valence-corrected chi connectivity index (χ0v) is 19.6. The predicted molar refractivity (Wildman–Crippen MR) is 126 cm³/mol. The first-order valence-corrected chi connectivity index (χ1v) is 11.7. The van der Waals surface area contributed by atoms with Crippen LogP contribution in [0.1, 0.15) is 32.3 Å². The molecule has 1 saturated carbocycles. The van der Waals surface area contributed by atoms with Gasteiger partial charge in [0, 0.05) is 57.5 Å². The number of thiophene rings is 1. The molecule has 0 atom stereocenters. The monoisotopic (exact) mass is 452 g/mol. The molecule has 1 aliphatic heterocycles. The Morgan fingerprint density at radius 3 is 2.44 bits per heavy atom. The van der Waals surface area contributed by atoms with Crippen molar-refractivity contribution in [1.82, 2.24) is 19.8 Å². The van der Waals surface area contributed by atoms with Crippen LogP contribution in [0.25, 0.3) is 10.6 Å². The first-order chi connectivity index (χ1) is 15.4. The Bertz CT molecular complexity index is 1050. The number of anilines is 1. The van der Waals surface area contributed by atoms with E-state index in [1.54, 1.807) is 34.4 Å². The molecule has 2 aromatic heterocycles. The van der Waals surface area contributed by atoms with Gasteiger partial charge in [-0.05, 0) is 43.7 Å². The van der Waals surface area contributed by atoms with Gasteiger partial charge in [0.25, 0.3) is 11.9 Å². The van der Waals surface area contributed by atoms with Gasteiger partial charge in [-0.3, -0.25) is 9.59 Å². The third kappa shape index (κ3) is 4.43. The molecule has 1 aliphatic carbocycles. The second kappa shape index (κ2) is 9.20. The molecule has 2 aromatic rings. The van der Waals surface area contributed by atoms with Crippen LogP contribution in [0, 0.1) is 12.8 Å². The summed E-state index contributed by atoms with van der Waals surface area (Å²) < 4.78 is 0. The van der Waals surface area contributed by atoms with Crippen LogP contribution in [-0.2, 0) is 9.59 Å². The molecule has 3 heterocycles. The topological polar surface area (TPSA) is 82.0 Å². The second-order valence-corrected chi connectivity index (χ2v) is 9.16. The van der Waals surface area contributed by atoms with Crippen molar-refractivity contribution in [2.24, 2.45) is 11.0 Å². The van der Waals surface area contributed by atoms with E-state index in [-0.39, 0.29) is 17.7 Å². The number of amides is 2. The van der Waals surface area contributed by atoms with Crippen molar-refractivity contribution in [3.63, 3.8) is 0 Å². The zero-order valence-electron chi connectivity index (χ0n) is 18.7. The van der Waals surface area contributed by atoms with Crippen molar-refractivity contribution < 1.29 is 9.59 Å². The van der Waals surface area contributed by atoms with Crippen LogP contribution in [-0.4, -0.2) is 64.5 Å². The Morgan fingerprint density at radius 1 is 1.19 bits per heavy atom. The number of aryl methyl sites for hydroxylation is 1. The van der Waals surface area contributed by atoms with Crippen LogP contribution in [0.4, 0.5) is 5.95 Å². The third-order valence-corrected chi connectivity index (χ3v) is 6.83. The van der Waals surface area contributed by atoms with Gasteiger partial charge in [-0.25, -0.2) is 15.0 Å². The summed E-state index contributed by atoms with van der Waals surface area (Å²) in [6.45, 7) is 11.3. The van der Waals surface area contributed by atoms with Gasteiger partial charge in [0.1, 0.15) is 0 Å². The average Bonchev–Trinajstić information content (AvgIpc) is 3.49. The number of aromatic nitrogens is 2. The largest absolute Gasteiger partial charge is 0.339 e. The lowest BCUT2D eigenvalue weighted by Crippen LogP contribution is -2.50. The van der Waals surface area contributed by atoms with Gasteiger partial charge in [-0.2, -0.15) is 5.10 Å². The molecule has 2 amide bonds. The van der Waals surface area contributed by atoms with Gasteiger partial charge in [0.2, 0.25) is 5.91 Å². The SMILES string of the molecule is C=NN(/C(=C(\C)C(=O)N1CCN(C(C)=O)CC1)C1CC1)c1ncc(C)c(-c2cccs2)n1. The summed E-state index contributed by atoms with van der Waals surface area (Å²) in [6, 6.07) is 4.03. The molecule has 168 valence electrons. The second-order valence-electron chi connectivity index (χ2n) is 8.21.